The van der Waals surface area contributed by atoms with E-state index in [2.05, 4.69) is 16.5 Å². The van der Waals surface area contributed by atoms with Gasteiger partial charge in [0, 0.05) is 18.3 Å². The normalized spacial score (nSPS) is 10.2. The Labute approximate surface area is 170 Å². The van der Waals surface area contributed by atoms with Gasteiger partial charge in [0.05, 0.1) is 16.3 Å². The molecule has 0 atom stereocenters. The van der Waals surface area contributed by atoms with E-state index in [0.717, 1.165) is 0 Å². The average molecular weight is 405 g/mol. The van der Waals surface area contributed by atoms with E-state index in [1.807, 2.05) is 6.07 Å². The van der Waals surface area contributed by atoms with E-state index >= 15 is 0 Å². The van der Waals surface area contributed by atoms with Crippen LogP contribution in [0.3, 0.4) is 0 Å². The fraction of sp³-hybridized carbons (Fsp3) is 0.150. The smallest absolute Gasteiger partial charge is 0.287 e. The number of anilines is 2. The number of nitro groups is 1. The number of aromatic nitrogens is 2. The van der Waals surface area contributed by atoms with Crippen molar-refractivity contribution in [3.8, 4) is 17.8 Å². The number of rotatable bonds is 7. The first-order valence-corrected chi connectivity index (χ1v) is 8.90. The van der Waals surface area contributed by atoms with E-state index in [-0.39, 0.29) is 28.4 Å². The molecule has 1 heterocycles. The van der Waals surface area contributed by atoms with Gasteiger partial charge in [0.15, 0.2) is 0 Å². The number of hydrogen-bond donors (Lipinski definition) is 2. The summed E-state index contributed by atoms with van der Waals surface area (Å²) in [6.45, 7) is 0.483. The molecule has 2 aromatic carbocycles. The molecule has 0 unspecified atom stereocenters. The number of nitrogens with two attached hydrogens (primary N) is 1. The van der Waals surface area contributed by atoms with Gasteiger partial charge in [-0.15, -0.1) is 0 Å². The predicted octanol–water partition coefficient (Wildman–Crippen LogP) is 3.29. The molecule has 0 spiro atoms. The summed E-state index contributed by atoms with van der Waals surface area (Å²) in [6, 6.07) is 13.7. The molecule has 0 bridgehead atoms. The standard InChI is InChI=1S/C20H16FN7O2/c21-14-3-6-16(7-4-14)27-20(24)17(12-23)18(26-27)2-1-9-25-15-5-8-19(28(29)30)13(10-15)11-22/h3-8,10,25H,1-2,9,24H2. The average Bonchev–Trinajstić information content (AvgIpc) is 3.06. The van der Waals surface area contributed by atoms with Gasteiger partial charge in [-0.05, 0) is 49.2 Å². The van der Waals surface area contributed by atoms with Crippen molar-refractivity contribution in [1.82, 2.24) is 9.78 Å². The highest BCUT2D eigenvalue weighted by atomic mass is 19.1. The zero-order valence-electron chi connectivity index (χ0n) is 15.7. The molecule has 0 saturated carbocycles. The van der Waals surface area contributed by atoms with Gasteiger partial charge in [0.1, 0.15) is 34.9 Å². The van der Waals surface area contributed by atoms with Crippen molar-refractivity contribution in [3.63, 3.8) is 0 Å². The lowest BCUT2D eigenvalue weighted by molar-refractivity contribution is -0.385. The van der Waals surface area contributed by atoms with Crippen LogP contribution >= 0.6 is 0 Å². The highest BCUT2D eigenvalue weighted by molar-refractivity contribution is 5.59. The predicted molar refractivity (Wildman–Crippen MR) is 107 cm³/mol. The third-order valence-electron chi connectivity index (χ3n) is 4.41. The second kappa shape index (κ2) is 8.71. The molecular formula is C20H16FN7O2. The summed E-state index contributed by atoms with van der Waals surface area (Å²) in [7, 11) is 0. The summed E-state index contributed by atoms with van der Waals surface area (Å²) in [5, 5.41) is 36.8. The number of nitrogens with one attached hydrogen (secondary N) is 1. The Morgan fingerprint density at radius 1 is 1.20 bits per heavy atom. The third kappa shape index (κ3) is 4.18. The van der Waals surface area contributed by atoms with Crippen LogP contribution < -0.4 is 11.1 Å². The van der Waals surface area contributed by atoms with Crippen molar-refractivity contribution in [1.29, 1.82) is 10.5 Å². The van der Waals surface area contributed by atoms with Gasteiger partial charge in [0.25, 0.3) is 5.69 Å². The molecule has 1 aromatic heterocycles. The van der Waals surface area contributed by atoms with Gasteiger partial charge in [-0.3, -0.25) is 10.1 Å². The molecule has 150 valence electrons. The zero-order valence-corrected chi connectivity index (χ0v) is 15.7. The molecule has 0 saturated heterocycles. The molecule has 0 aliphatic rings. The molecule has 3 rings (SSSR count). The first-order chi connectivity index (χ1) is 14.4. The van der Waals surface area contributed by atoms with Gasteiger partial charge in [-0.1, -0.05) is 0 Å². The van der Waals surface area contributed by atoms with E-state index in [0.29, 0.717) is 36.5 Å². The van der Waals surface area contributed by atoms with Crippen molar-refractivity contribution in [2.75, 3.05) is 17.6 Å². The molecule has 0 amide bonds. The summed E-state index contributed by atoms with van der Waals surface area (Å²) < 4.78 is 14.5. The zero-order chi connectivity index (χ0) is 21.7. The molecule has 10 heteroatoms. The number of aryl methyl sites for hydroxylation is 1. The van der Waals surface area contributed by atoms with Crippen LogP contribution in [0.25, 0.3) is 5.69 Å². The molecule has 0 fully saturated rings. The second-order valence-electron chi connectivity index (χ2n) is 6.34. The Balaban J connectivity index is 1.67. The summed E-state index contributed by atoms with van der Waals surface area (Å²) in [5.74, 6) is -0.205. The van der Waals surface area contributed by atoms with E-state index in [4.69, 9.17) is 11.0 Å². The van der Waals surface area contributed by atoms with Crippen molar-refractivity contribution in [2.24, 2.45) is 0 Å². The summed E-state index contributed by atoms with van der Waals surface area (Å²) >= 11 is 0. The maximum Gasteiger partial charge on any atom is 0.287 e. The van der Waals surface area contributed by atoms with Crippen LogP contribution in [0, 0.1) is 38.6 Å². The minimum Gasteiger partial charge on any atom is -0.385 e. The molecule has 3 aromatic rings. The fourth-order valence-corrected chi connectivity index (χ4v) is 2.94. The highest BCUT2D eigenvalue weighted by Crippen LogP contribution is 2.23. The Kier molecular flexibility index (Phi) is 5.89. The van der Waals surface area contributed by atoms with Crippen molar-refractivity contribution in [3.05, 3.63) is 75.2 Å². The van der Waals surface area contributed by atoms with Gasteiger partial charge < -0.3 is 11.1 Å². The van der Waals surface area contributed by atoms with E-state index in [1.54, 1.807) is 0 Å². The van der Waals surface area contributed by atoms with Gasteiger partial charge >= 0.3 is 0 Å². The lowest BCUT2D eigenvalue weighted by Crippen LogP contribution is -2.05. The van der Waals surface area contributed by atoms with Gasteiger partial charge in [-0.2, -0.15) is 15.6 Å². The summed E-state index contributed by atoms with van der Waals surface area (Å²) in [6.07, 6.45) is 1.04. The van der Waals surface area contributed by atoms with Crippen LogP contribution in [0.1, 0.15) is 23.2 Å². The summed E-state index contributed by atoms with van der Waals surface area (Å²) in [5.41, 5.74) is 7.67. The molecule has 0 radical (unpaired) electrons. The largest absolute Gasteiger partial charge is 0.385 e. The molecule has 0 aliphatic carbocycles. The van der Waals surface area contributed by atoms with Crippen molar-refractivity contribution < 1.29 is 9.31 Å². The van der Waals surface area contributed by atoms with Crippen molar-refractivity contribution in [2.45, 2.75) is 12.8 Å². The maximum atomic E-state index is 13.1. The number of nitrogens with zero attached hydrogens (tertiary/aromatic N) is 5. The van der Waals surface area contributed by atoms with Gasteiger partial charge in [-0.25, -0.2) is 9.07 Å². The highest BCUT2D eigenvalue weighted by Gasteiger charge is 2.17. The second-order valence-corrected chi connectivity index (χ2v) is 6.34. The quantitative estimate of drug-likeness (QED) is 0.348. The molecule has 9 nitrogen and oxygen atoms in total. The number of nitrogen functional groups attached to an aromatic ring is 1. The van der Waals surface area contributed by atoms with Crippen LogP contribution in [0.5, 0.6) is 0 Å². The van der Waals surface area contributed by atoms with Crippen molar-refractivity contribution >= 4 is 17.2 Å². The van der Waals surface area contributed by atoms with Crippen LogP contribution in [-0.2, 0) is 6.42 Å². The first-order valence-electron chi connectivity index (χ1n) is 8.90. The lowest BCUT2D eigenvalue weighted by Gasteiger charge is -2.06. The SMILES string of the molecule is N#Cc1cc(NCCCc2nn(-c3ccc(F)cc3)c(N)c2C#N)ccc1[N+](=O)[O-]. The third-order valence-corrected chi connectivity index (χ3v) is 4.41. The maximum absolute atomic E-state index is 13.1. The van der Waals surface area contributed by atoms with Crippen LogP contribution in [0.2, 0.25) is 0 Å². The fourth-order valence-electron chi connectivity index (χ4n) is 2.94. The molecule has 3 N–H and O–H groups in total. The summed E-state index contributed by atoms with van der Waals surface area (Å²) in [4.78, 5) is 10.3. The minimum absolute atomic E-state index is 0.0254. The Morgan fingerprint density at radius 3 is 2.57 bits per heavy atom. The Morgan fingerprint density at radius 2 is 1.93 bits per heavy atom. The topological polar surface area (TPSA) is 147 Å². The Hall–Kier alpha value is -4.44. The van der Waals surface area contributed by atoms with Crippen LogP contribution in [0.4, 0.5) is 21.6 Å². The van der Waals surface area contributed by atoms with Crippen LogP contribution in [-0.4, -0.2) is 21.2 Å². The minimum atomic E-state index is -0.604. The van der Waals surface area contributed by atoms with Gasteiger partial charge in [0.2, 0.25) is 0 Å². The van der Waals surface area contributed by atoms with E-state index in [1.165, 1.54) is 47.1 Å². The molecule has 0 aliphatic heterocycles. The molecular weight excluding hydrogens is 389 g/mol. The van der Waals surface area contributed by atoms with E-state index in [9.17, 15) is 19.8 Å². The monoisotopic (exact) mass is 405 g/mol. The van der Waals surface area contributed by atoms with Crippen LogP contribution in [0.15, 0.2) is 42.5 Å². The number of hydrogen-bond acceptors (Lipinski definition) is 7. The molecule has 30 heavy (non-hydrogen) atoms. The lowest BCUT2D eigenvalue weighted by atomic mass is 10.1. The first kappa shape index (κ1) is 20.3. The number of halogens is 1. The number of nitriles is 2. The Bertz CT molecular complexity index is 1170. The number of benzene rings is 2. The number of nitro benzene ring substituents is 1. The van der Waals surface area contributed by atoms with E-state index < -0.39 is 4.92 Å².